The van der Waals surface area contributed by atoms with Gasteiger partial charge in [-0.1, -0.05) is 0 Å². The van der Waals surface area contributed by atoms with Crippen LogP contribution in [-0.2, 0) is 0 Å². The summed E-state index contributed by atoms with van der Waals surface area (Å²) < 4.78 is 5.37. The summed E-state index contributed by atoms with van der Waals surface area (Å²) in [5.41, 5.74) is 31.7. The standard InChI is InChI=1S/C60H55N3Se2/c1-31-23-35(5)53(36(6)24-31)57-45-15-13-43(61-45)44-14-16-46(62-44)58(54-37(7)25-32(2)26-38(54)8)50-20-22-52(65-50)60(56-41(11)29-34(4)30-42(56)12)48-18-17-47(63-48)59(51-21-19-49(57)64-51)55-39(9)27-33(3)28-40(55)10/h13-30,61H,1-12H3. The van der Waals surface area contributed by atoms with Crippen molar-refractivity contribution in [2.45, 2.75) is 83.1 Å². The third-order valence-electron chi connectivity index (χ3n) is 13.2. The molecule has 0 unspecified atom stereocenters. The van der Waals surface area contributed by atoms with Crippen molar-refractivity contribution in [2.24, 2.45) is 0 Å². The summed E-state index contributed by atoms with van der Waals surface area (Å²) in [6.45, 7) is 27.0. The number of nitrogens with one attached hydrogen (secondary N) is 1. The quantitative estimate of drug-likeness (QED) is 0.179. The van der Waals surface area contributed by atoms with Crippen LogP contribution >= 0.6 is 0 Å². The summed E-state index contributed by atoms with van der Waals surface area (Å²) in [5.74, 6) is 0. The predicted octanol–water partition coefficient (Wildman–Crippen LogP) is 15.5. The zero-order valence-corrected chi connectivity index (χ0v) is 43.0. The van der Waals surface area contributed by atoms with Gasteiger partial charge in [0.2, 0.25) is 0 Å². The summed E-state index contributed by atoms with van der Waals surface area (Å²) in [6.07, 6.45) is 9.05. The Balaban J connectivity index is 1.45. The molecule has 5 heteroatoms. The molecule has 0 amide bonds. The van der Waals surface area contributed by atoms with Crippen LogP contribution in [0.1, 0.15) is 89.5 Å². The van der Waals surface area contributed by atoms with E-state index in [4.69, 9.17) is 9.97 Å². The van der Waals surface area contributed by atoms with Crippen LogP contribution in [0.2, 0.25) is 0 Å². The van der Waals surface area contributed by atoms with Gasteiger partial charge in [-0.15, -0.1) is 0 Å². The first-order valence-electron chi connectivity index (χ1n) is 22.6. The SMILES string of the molecule is Cc1cc(C)c(-c2c3nc(c(-c4c(C)cc(C)cc4C)c4ccc([se]4)c(-c4c(C)cc(C)cc4C)c4ccc([nH]4)c4nc(c(-c5c(C)cc(C)cc5C)c5ccc2[se]5)C=C4)C=C3)c(C)c1. The number of nitrogens with zero attached hydrogens (tertiary/aromatic N) is 2. The Morgan fingerprint density at radius 1 is 0.292 bits per heavy atom. The molecule has 0 aliphatic carbocycles. The Kier molecular flexibility index (Phi) is 11.0. The maximum atomic E-state index is 5.79. The number of rotatable bonds is 4. The number of hydrogen-bond donors (Lipinski definition) is 1. The molecule has 3 nitrogen and oxygen atoms in total. The normalized spacial score (nSPS) is 12.2. The van der Waals surface area contributed by atoms with Crippen LogP contribution in [0.3, 0.4) is 0 Å². The minimum absolute atomic E-state index is 0.0303. The first-order valence-corrected chi connectivity index (χ1v) is 26.1. The zero-order chi connectivity index (χ0) is 45.6. The molecule has 2 aliphatic heterocycles. The topological polar surface area (TPSA) is 41.6 Å². The number of benzene rings is 4. The van der Waals surface area contributed by atoms with Gasteiger partial charge >= 0.3 is 398 Å². The molecular formula is C60H55N3Se2. The van der Waals surface area contributed by atoms with Gasteiger partial charge in [0.15, 0.2) is 0 Å². The Bertz CT molecular complexity index is 3530. The Morgan fingerprint density at radius 3 is 0.892 bits per heavy atom. The fourth-order valence-electron chi connectivity index (χ4n) is 11.0. The molecule has 10 bridgehead atoms. The first kappa shape index (κ1) is 43.1. The summed E-state index contributed by atoms with van der Waals surface area (Å²) in [4.78, 5) is 15.3. The Morgan fingerprint density at radius 2 is 0.554 bits per heavy atom. The summed E-state index contributed by atoms with van der Waals surface area (Å²) in [6, 6.07) is 32.7. The molecule has 0 saturated carbocycles. The third-order valence-corrected chi connectivity index (χ3v) is 17.9. The van der Waals surface area contributed by atoms with Gasteiger partial charge in [-0.25, -0.2) is 0 Å². The van der Waals surface area contributed by atoms with Crippen LogP contribution in [0, 0.1) is 83.1 Å². The van der Waals surface area contributed by atoms with Crippen molar-refractivity contribution in [1.82, 2.24) is 15.0 Å². The summed E-state index contributed by atoms with van der Waals surface area (Å²) >= 11 is -0.0728. The Hall–Kier alpha value is -5.80. The fraction of sp³-hybridized carbons (Fsp3) is 0.200. The van der Waals surface area contributed by atoms with Gasteiger partial charge in [-0.3, -0.25) is 0 Å². The molecule has 8 aromatic rings. The van der Waals surface area contributed by atoms with E-state index in [1.165, 1.54) is 128 Å². The van der Waals surface area contributed by atoms with Gasteiger partial charge in [-0.05, 0) is 0 Å². The molecule has 2 aliphatic rings. The van der Waals surface area contributed by atoms with Crippen LogP contribution in [-0.4, -0.2) is 44.0 Å². The van der Waals surface area contributed by atoms with Crippen molar-refractivity contribution in [3.05, 3.63) is 174 Å². The van der Waals surface area contributed by atoms with E-state index < -0.39 is 0 Å². The van der Waals surface area contributed by atoms with Gasteiger partial charge in [0.25, 0.3) is 0 Å². The second-order valence-corrected chi connectivity index (χ2v) is 23.2. The molecule has 0 radical (unpaired) electrons. The van der Waals surface area contributed by atoms with Crippen molar-refractivity contribution in [3.8, 4) is 44.5 Å². The van der Waals surface area contributed by atoms with Crippen molar-refractivity contribution in [3.63, 3.8) is 0 Å². The number of aromatic amines is 1. The average Bonchev–Trinajstić information content (AvgIpc) is 4.08. The molecule has 6 heterocycles. The van der Waals surface area contributed by atoms with Crippen molar-refractivity contribution in [2.75, 3.05) is 0 Å². The number of H-pyrrole nitrogens is 1. The number of fused-ring (bicyclic) bond motifs is 11. The molecule has 0 saturated heterocycles. The fourth-order valence-corrected chi connectivity index (χ4v) is 15.8. The Labute approximate surface area is 395 Å². The van der Waals surface area contributed by atoms with E-state index in [-0.39, 0.29) is 29.0 Å². The number of aryl methyl sites for hydroxylation is 12. The van der Waals surface area contributed by atoms with E-state index in [2.05, 4.69) is 197 Å². The van der Waals surface area contributed by atoms with Gasteiger partial charge in [0.05, 0.1) is 0 Å². The van der Waals surface area contributed by atoms with Crippen LogP contribution in [0.25, 0.3) is 96.9 Å². The van der Waals surface area contributed by atoms with Gasteiger partial charge in [-0.2, -0.15) is 0 Å². The monoisotopic (exact) mass is 977 g/mol. The molecule has 0 fully saturated rings. The van der Waals surface area contributed by atoms with E-state index >= 15 is 0 Å². The van der Waals surface area contributed by atoms with Crippen molar-refractivity contribution in [1.29, 1.82) is 0 Å². The molecule has 0 atom stereocenters. The van der Waals surface area contributed by atoms with Crippen LogP contribution in [0.4, 0.5) is 0 Å². The van der Waals surface area contributed by atoms with Crippen LogP contribution in [0.5, 0.6) is 0 Å². The summed E-state index contributed by atoms with van der Waals surface area (Å²) in [5, 5.41) is 0. The van der Waals surface area contributed by atoms with Crippen molar-refractivity contribution >= 4 is 81.4 Å². The van der Waals surface area contributed by atoms with Crippen LogP contribution in [0.15, 0.2) is 84.9 Å². The van der Waals surface area contributed by atoms with E-state index in [0.717, 1.165) is 33.8 Å². The van der Waals surface area contributed by atoms with E-state index in [0.29, 0.717) is 0 Å². The molecule has 10 rings (SSSR count). The average molecular weight is 976 g/mol. The maximum absolute atomic E-state index is 5.79. The molecular weight excluding hydrogens is 921 g/mol. The van der Waals surface area contributed by atoms with Crippen molar-refractivity contribution < 1.29 is 0 Å². The zero-order valence-electron chi connectivity index (χ0n) is 39.6. The second-order valence-electron chi connectivity index (χ2n) is 18.6. The predicted molar refractivity (Wildman–Crippen MR) is 283 cm³/mol. The van der Waals surface area contributed by atoms with E-state index in [1.807, 2.05) is 0 Å². The molecule has 1 N–H and O–H groups in total. The first-order chi connectivity index (χ1) is 31.1. The molecule has 65 heavy (non-hydrogen) atoms. The van der Waals surface area contributed by atoms with Gasteiger partial charge in [0, 0.05) is 0 Å². The molecule has 4 aromatic heterocycles. The van der Waals surface area contributed by atoms with Crippen LogP contribution < -0.4 is 0 Å². The van der Waals surface area contributed by atoms with E-state index in [1.54, 1.807) is 0 Å². The molecule has 4 aromatic carbocycles. The second kappa shape index (κ2) is 16.6. The number of hydrogen-bond acceptors (Lipinski definition) is 2. The molecule has 322 valence electrons. The van der Waals surface area contributed by atoms with Gasteiger partial charge in [0.1, 0.15) is 0 Å². The minimum atomic E-state index is -0.0425. The third kappa shape index (κ3) is 7.63. The van der Waals surface area contributed by atoms with E-state index in [9.17, 15) is 0 Å². The summed E-state index contributed by atoms with van der Waals surface area (Å²) in [7, 11) is 0. The molecule has 0 spiro atoms. The number of aromatic nitrogens is 3. The van der Waals surface area contributed by atoms with Gasteiger partial charge < -0.3 is 0 Å².